The summed E-state index contributed by atoms with van der Waals surface area (Å²) < 4.78 is 24.7. The molecule has 0 saturated carbocycles. The van der Waals surface area contributed by atoms with E-state index in [0.717, 1.165) is 0 Å². The Labute approximate surface area is 68.9 Å². The van der Waals surface area contributed by atoms with Crippen molar-refractivity contribution < 1.29 is 13.9 Å². The molecule has 2 nitrogen and oxygen atoms in total. The number of halogens is 2. The van der Waals surface area contributed by atoms with Gasteiger partial charge in [-0.15, -0.1) is 0 Å². The van der Waals surface area contributed by atoms with E-state index in [-0.39, 0.29) is 11.1 Å². The zero-order valence-electron chi connectivity index (χ0n) is 6.59. The molecule has 0 aliphatic heterocycles. The second-order valence-electron chi connectivity index (χ2n) is 2.49. The molecule has 0 fully saturated rings. The highest BCUT2D eigenvalue weighted by Gasteiger charge is 2.14. The van der Waals surface area contributed by atoms with Crippen LogP contribution in [-0.2, 0) is 6.61 Å². The van der Waals surface area contributed by atoms with Crippen LogP contribution in [-0.4, -0.2) is 10.1 Å². The molecule has 4 heteroatoms. The van der Waals surface area contributed by atoms with Crippen LogP contribution in [0.25, 0.3) is 0 Å². The van der Waals surface area contributed by atoms with Crippen molar-refractivity contribution in [2.45, 2.75) is 20.0 Å². The molecule has 0 saturated heterocycles. The van der Waals surface area contributed by atoms with E-state index in [9.17, 15) is 8.78 Å². The summed E-state index contributed by atoms with van der Waals surface area (Å²) in [5.74, 6) is 0. The molecule has 66 valence electrons. The molecule has 1 aromatic heterocycles. The maximum atomic E-state index is 12.3. The lowest BCUT2D eigenvalue weighted by Gasteiger charge is -2.07. The van der Waals surface area contributed by atoms with E-state index in [1.807, 2.05) is 0 Å². The summed E-state index contributed by atoms with van der Waals surface area (Å²) in [5.41, 5.74) is 0.508. The molecule has 12 heavy (non-hydrogen) atoms. The molecule has 1 N–H and O–H groups in total. The van der Waals surface area contributed by atoms with Crippen molar-refractivity contribution in [3.63, 3.8) is 0 Å². The molecule has 0 amide bonds. The number of aliphatic hydroxyl groups excluding tert-OH is 1. The van der Waals surface area contributed by atoms with E-state index in [1.165, 1.54) is 12.4 Å². The molecule has 1 rings (SSSR count). The van der Waals surface area contributed by atoms with Crippen LogP contribution in [0.3, 0.4) is 0 Å². The lowest BCUT2D eigenvalue weighted by Crippen LogP contribution is -1.98. The zero-order chi connectivity index (χ0) is 9.14. The first-order chi connectivity index (χ1) is 5.66. The van der Waals surface area contributed by atoms with Crippen molar-refractivity contribution in [1.29, 1.82) is 0 Å². The van der Waals surface area contributed by atoms with Crippen LogP contribution in [0.2, 0.25) is 0 Å². The first kappa shape index (κ1) is 9.06. The summed E-state index contributed by atoms with van der Waals surface area (Å²) in [6, 6.07) is 0. The van der Waals surface area contributed by atoms with Gasteiger partial charge in [-0.3, -0.25) is 4.98 Å². The maximum absolute atomic E-state index is 12.3. The van der Waals surface area contributed by atoms with E-state index >= 15 is 0 Å². The van der Waals surface area contributed by atoms with Gasteiger partial charge in [0.25, 0.3) is 6.43 Å². The van der Waals surface area contributed by atoms with E-state index < -0.39 is 13.0 Å². The van der Waals surface area contributed by atoms with Crippen LogP contribution in [0, 0.1) is 6.92 Å². The van der Waals surface area contributed by atoms with E-state index in [0.29, 0.717) is 5.56 Å². The van der Waals surface area contributed by atoms with Gasteiger partial charge >= 0.3 is 0 Å². The SMILES string of the molecule is Cc1cncc(CO)c1C(F)F. The fourth-order valence-electron chi connectivity index (χ4n) is 1.07. The van der Waals surface area contributed by atoms with E-state index in [1.54, 1.807) is 6.92 Å². The van der Waals surface area contributed by atoms with E-state index in [4.69, 9.17) is 5.11 Å². The lowest BCUT2D eigenvalue weighted by atomic mass is 10.1. The van der Waals surface area contributed by atoms with Gasteiger partial charge in [0, 0.05) is 23.5 Å². The standard InChI is InChI=1S/C8H9F2NO/c1-5-2-11-3-6(4-12)7(5)8(9)10/h2-3,8,12H,4H2,1H3. The highest BCUT2D eigenvalue weighted by atomic mass is 19.3. The Morgan fingerprint density at radius 2 is 2.17 bits per heavy atom. The zero-order valence-corrected chi connectivity index (χ0v) is 6.59. The smallest absolute Gasteiger partial charge is 0.264 e. The summed E-state index contributed by atoms with van der Waals surface area (Å²) >= 11 is 0. The predicted octanol–water partition coefficient (Wildman–Crippen LogP) is 1.82. The maximum Gasteiger partial charge on any atom is 0.264 e. The predicted molar refractivity (Wildman–Crippen MR) is 39.9 cm³/mol. The molecule has 0 aliphatic rings. The molecule has 0 unspecified atom stereocenters. The number of alkyl halides is 2. The Kier molecular flexibility index (Phi) is 2.70. The number of aromatic nitrogens is 1. The normalized spacial score (nSPS) is 10.8. The number of nitrogens with zero attached hydrogens (tertiary/aromatic N) is 1. The Morgan fingerprint density at radius 3 is 2.58 bits per heavy atom. The van der Waals surface area contributed by atoms with Crippen LogP contribution in [0.4, 0.5) is 8.78 Å². The second-order valence-corrected chi connectivity index (χ2v) is 2.49. The molecule has 0 radical (unpaired) electrons. The van der Waals surface area contributed by atoms with Gasteiger partial charge in [-0.1, -0.05) is 0 Å². The summed E-state index contributed by atoms with van der Waals surface area (Å²) in [6.45, 7) is 1.15. The monoisotopic (exact) mass is 173 g/mol. The minimum absolute atomic E-state index is 0.104. The van der Waals surface area contributed by atoms with Crippen molar-refractivity contribution in [2.75, 3.05) is 0 Å². The van der Waals surface area contributed by atoms with Crippen molar-refractivity contribution in [3.05, 3.63) is 29.1 Å². The Morgan fingerprint density at radius 1 is 1.50 bits per heavy atom. The van der Waals surface area contributed by atoms with Crippen LogP contribution in [0.5, 0.6) is 0 Å². The molecular formula is C8H9F2NO. The Balaban J connectivity index is 3.20. The number of rotatable bonds is 2. The van der Waals surface area contributed by atoms with Crippen LogP contribution in [0.15, 0.2) is 12.4 Å². The average Bonchev–Trinajstić information content (AvgIpc) is 2.03. The number of pyridine rings is 1. The highest BCUT2D eigenvalue weighted by molar-refractivity contribution is 5.31. The molecular weight excluding hydrogens is 164 g/mol. The third kappa shape index (κ3) is 1.58. The van der Waals surface area contributed by atoms with Gasteiger partial charge in [-0.25, -0.2) is 8.78 Å². The Hall–Kier alpha value is -1.03. The first-order valence-corrected chi connectivity index (χ1v) is 3.49. The fraction of sp³-hybridized carbons (Fsp3) is 0.375. The average molecular weight is 173 g/mol. The van der Waals surface area contributed by atoms with Gasteiger partial charge < -0.3 is 5.11 Å². The van der Waals surface area contributed by atoms with Gasteiger partial charge in [-0.2, -0.15) is 0 Å². The number of hydrogen-bond acceptors (Lipinski definition) is 2. The quantitative estimate of drug-likeness (QED) is 0.739. The van der Waals surface area contributed by atoms with Crippen LogP contribution in [0.1, 0.15) is 23.1 Å². The van der Waals surface area contributed by atoms with Gasteiger partial charge in [0.2, 0.25) is 0 Å². The van der Waals surface area contributed by atoms with Crippen molar-refractivity contribution in [2.24, 2.45) is 0 Å². The van der Waals surface area contributed by atoms with E-state index in [2.05, 4.69) is 4.98 Å². The van der Waals surface area contributed by atoms with Crippen molar-refractivity contribution in [1.82, 2.24) is 4.98 Å². The van der Waals surface area contributed by atoms with Crippen molar-refractivity contribution >= 4 is 0 Å². The molecule has 0 bridgehead atoms. The molecule has 0 atom stereocenters. The molecule has 0 aromatic carbocycles. The minimum Gasteiger partial charge on any atom is -0.392 e. The Bertz CT molecular complexity index is 276. The summed E-state index contributed by atoms with van der Waals surface area (Å²) in [6.07, 6.45) is 0.0740. The highest BCUT2D eigenvalue weighted by Crippen LogP contribution is 2.25. The topological polar surface area (TPSA) is 33.1 Å². The second kappa shape index (κ2) is 3.58. The van der Waals surface area contributed by atoms with Gasteiger partial charge in [0.05, 0.1) is 6.61 Å². The van der Waals surface area contributed by atoms with Gasteiger partial charge in [-0.05, 0) is 12.5 Å². The largest absolute Gasteiger partial charge is 0.392 e. The van der Waals surface area contributed by atoms with Crippen LogP contribution >= 0.6 is 0 Å². The fourth-order valence-corrected chi connectivity index (χ4v) is 1.07. The number of aryl methyl sites for hydroxylation is 1. The van der Waals surface area contributed by atoms with Gasteiger partial charge in [0.15, 0.2) is 0 Å². The third-order valence-electron chi connectivity index (χ3n) is 1.66. The lowest BCUT2D eigenvalue weighted by molar-refractivity contribution is 0.146. The van der Waals surface area contributed by atoms with Gasteiger partial charge in [0.1, 0.15) is 0 Å². The first-order valence-electron chi connectivity index (χ1n) is 3.49. The molecule has 1 aromatic rings. The molecule has 0 aliphatic carbocycles. The third-order valence-corrected chi connectivity index (χ3v) is 1.66. The minimum atomic E-state index is -2.55. The number of aliphatic hydroxyl groups is 1. The van der Waals surface area contributed by atoms with Crippen LogP contribution < -0.4 is 0 Å². The summed E-state index contributed by atoms with van der Waals surface area (Å²) in [7, 11) is 0. The number of hydrogen-bond donors (Lipinski definition) is 1. The van der Waals surface area contributed by atoms with Crippen molar-refractivity contribution in [3.8, 4) is 0 Å². The summed E-state index contributed by atoms with van der Waals surface area (Å²) in [5, 5.41) is 8.72. The summed E-state index contributed by atoms with van der Waals surface area (Å²) in [4.78, 5) is 3.70. The molecule has 0 spiro atoms. The molecule has 1 heterocycles.